The van der Waals surface area contributed by atoms with Crippen molar-refractivity contribution in [3.05, 3.63) is 34.9 Å². The Morgan fingerprint density at radius 1 is 1.47 bits per heavy atom. The first-order chi connectivity index (χ1) is 7.99. The Labute approximate surface area is 101 Å². The van der Waals surface area contributed by atoms with Gasteiger partial charge < -0.3 is 4.74 Å². The summed E-state index contributed by atoms with van der Waals surface area (Å²) >= 11 is 0. The van der Waals surface area contributed by atoms with Crippen molar-refractivity contribution in [2.75, 3.05) is 6.61 Å². The molecule has 0 spiro atoms. The summed E-state index contributed by atoms with van der Waals surface area (Å²) in [6.45, 7) is 5.66. The van der Waals surface area contributed by atoms with Crippen LogP contribution in [-0.2, 0) is 16.0 Å². The summed E-state index contributed by atoms with van der Waals surface area (Å²) in [5.41, 5.74) is 1.61. The molecule has 0 radical (unpaired) electrons. The van der Waals surface area contributed by atoms with Gasteiger partial charge in [-0.1, -0.05) is 17.7 Å². The van der Waals surface area contributed by atoms with E-state index in [0.717, 1.165) is 11.1 Å². The van der Waals surface area contributed by atoms with E-state index < -0.39 is 11.4 Å². The van der Waals surface area contributed by atoms with Gasteiger partial charge in [0.1, 0.15) is 5.41 Å². The van der Waals surface area contributed by atoms with Gasteiger partial charge in [0.05, 0.1) is 6.61 Å². The molecule has 1 aliphatic rings. The van der Waals surface area contributed by atoms with Crippen LogP contribution in [0.2, 0.25) is 0 Å². The highest BCUT2D eigenvalue weighted by atomic mass is 16.5. The standard InChI is InChI=1S/C14H16O3/c1-4-17-13(16)14(3)8-10-6-5-9(2)7-11(10)12(14)15/h5-7H,4,8H2,1-3H3. The van der Waals surface area contributed by atoms with Gasteiger partial charge in [0.15, 0.2) is 5.78 Å². The second kappa shape index (κ2) is 3.99. The topological polar surface area (TPSA) is 43.4 Å². The molecule has 3 nitrogen and oxygen atoms in total. The summed E-state index contributed by atoms with van der Waals surface area (Å²) in [5, 5.41) is 0. The lowest BCUT2D eigenvalue weighted by atomic mass is 9.86. The van der Waals surface area contributed by atoms with Crippen LogP contribution >= 0.6 is 0 Å². The maximum atomic E-state index is 12.3. The third kappa shape index (κ3) is 1.75. The minimum atomic E-state index is -1.04. The molecule has 0 aromatic heterocycles. The van der Waals surface area contributed by atoms with Crippen LogP contribution in [0.15, 0.2) is 18.2 Å². The number of aryl methyl sites for hydroxylation is 1. The summed E-state index contributed by atoms with van der Waals surface area (Å²) in [5.74, 6) is -0.534. The number of benzene rings is 1. The van der Waals surface area contributed by atoms with Crippen molar-refractivity contribution < 1.29 is 14.3 Å². The van der Waals surface area contributed by atoms with Crippen LogP contribution in [0.25, 0.3) is 0 Å². The third-order valence-electron chi connectivity index (χ3n) is 3.28. The fourth-order valence-electron chi connectivity index (χ4n) is 2.27. The van der Waals surface area contributed by atoms with Gasteiger partial charge in [0.2, 0.25) is 0 Å². The number of carbonyl (C=O) groups excluding carboxylic acids is 2. The minimum Gasteiger partial charge on any atom is -0.465 e. The second-order valence-electron chi connectivity index (χ2n) is 4.72. The monoisotopic (exact) mass is 232 g/mol. The van der Waals surface area contributed by atoms with Gasteiger partial charge in [-0.2, -0.15) is 0 Å². The van der Waals surface area contributed by atoms with Gasteiger partial charge in [0.25, 0.3) is 0 Å². The molecule has 1 aromatic rings. The van der Waals surface area contributed by atoms with E-state index in [2.05, 4.69) is 0 Å². The normalized spacial score (nSPS) is 22.4. The largest absolute Gasteiger partial charge is 0.465 e. The fourth-order valence-corrected chi connectivity index (χ4v) is 2.27. The number of ketones is 1. The first-order valence-corrected chi connectivity index (χ1v) is 5.80. The number of esters is 1. The zero-order chi connectivity index (χ0) is 12.6. The van der Waals surface area contributed by atoms with E-state index in [4.69, 9.17) is 4.74 Å². The predicted molar refractivity (Wildman–Crippen MR) is 64.0 cm³/mol. The van der Waals surface area contributed by atoms with Gasteiger partial charge in [-0.3, -0.25) is 9.59 Å². The molecule has 90 valence electrons. The van der Waals surface area contributed by atoms with E-state index in [1.54, 1.807) is 13.8 Å². The highest BCUT2D eigenvalue weighted by molar-refractivity contribution is 6.15. The van der Waals surface area contributed by atoms with Crippen LogP contribution in [0.5, 0.6) is 0 Å². The Balaban J connectivity index is 2.39. The molecule has 0 saturated carbocycles. The third-order valence-corrected chi connectivity index (χ3v) is 3.28. The van der Waals surface area contributed by atoms with Crippen LogP contribution in [-0.4, -0.2) is 18.4 Å². The van der Waals surface area contributed by atoms with Crippen LogP contribution < -0.4 is 0 Å². The van der Waals surface area contributed by atoms with Crippen molar-refractivity contribution in [1.82, 2.24) is 0 Å². The number of hydrogen-bond donors (Lipinski definition) is 0. The average molecular weight is 232 g/mol. The number of Topliss-reactive ketones (excluding diaryl/α,β-unsaturated/α-hetero) is 1. The quantitative estimate of drug-likeness (QED) is 0.580. The van der Waals surface area contributed by atoms with Gasteiger partial charge >= 0.3 is 5.97 Å². The van der Waals surface area contributed by atoms with Gasteiger partial charge in [-0.15, -0.1) is 0 Å². The summed E-state index contributed by atoms with van der Waals surface area (Å²) in [4.78, 5) is 24.2. The first kappa shape index (κ1) is 11.8. The molecule has 0 bridgehead atoms. The lowest BCUT2D eigenvalue weighted by Crippen LogP contribution is -2.35. The minimum absolute atomic E-state index is 0.116. The summed E-state index contributed by atoms with van der Waals surface area (Å²) in [6.07, 6.45) is 0.445. The van der Waals surface area contributed by atoms with Crippen molar-refractivity contribution in [3.63, 3.8) is 0 Å². The SMILES string of the molecule is CCOC(=O)C1(C)Cc2ccc(C)cc2C1=O. The number of ether oxygens (including phenoxy) is 1. The molecular formula is C14H16O3. The lowest BCUT2D eigenvalue weighted by Gasteiger charge is -2.19. The number of hydrogen-bond acceptors (Lipinski definition) is 3. The smallest absolute Gasteiger partial charge is 0.320 e. The zero-order valence-electron chi connectivity index (χ0n) is 10.4. The molecule has 17 heavy (non-hydrogen) atoms. The van der Waals surface area contributed by atoms with Crippen molar-refractivity contribution in [1.29, 1.82) is 0 Å². The number of carbonyl (C=O) groups is 2. The Kier molecular flexibility index (Phi) is 2.77. The van der Waals surface area contributed by atoms with E-state index in [-0.39, 0.29) is 5.78 Å². The summed E-state index contributed by atoms with van der Waals surface area (Å²) < 4.78 is 5.00. The Bertz CT molecular complexity index is 490. The molecule has 1 unspecified atom stereocenters. The molecule has 0 fully saturated rings. The van der Waals surface area contributed by atoms with Crippen LogP contribution in [0.3, 0.4) is 0 Å². The highest BCUT2D eigenvalue weighted by Gasteiger charge is 2.48. The molecule has 1 atom stereocenters. The Hall–Kier alpha value is -1.64. The molecule has 0 heterocycles. The molecule has 0 saturated heterocycles. The molecule has 0 aliphatic heterocycles. The van der Waals surface area contributed by atoms with Crippen molar-refractivity contribution in [2.45, 2.75) is 27.2 Å². The Morgan fingerprint density at radius 3 is 2.82 bits per heavy atom. The fraction of sp³-hybridized carbons (Fsp3) is 0.429. The van der Waals surface area contributed by atoms with E-state index >= 15 is 0 Å². The van der Waals surface area contributed by atoms with E-state index in [1.165, 1.54) is 0 Å². The van der Waals surface area contributed by atoms with Gasteiger partial charge in [-0.25, -0.2) is 0 Å². The molecule has 0 amide bonds. The first-order valence-electron chi connectivity index (χ1n) is 5.80. The molecule has 3 heteroatoms. The highest BCUT2D eigenvalue weighted by Crippen LogP contribution is 2.38. The maximum Gasteiger partial charge on any atom is 0.320 e. The predicted octanol–water partition coefficient (Wildman–Crippen LogP) is 2.30. The van der Waals surface area contributed by atoms with Crippen molar-refractivity contribution >= 4 is 11.8 Å². The van der Waals surface area contributed by atoms with Gasteiger partial charge in [-0.05, 0) is 38.8 Å². The lowest BCUT2D eigenvalue weighted by molar-refractivity contribution is -0.151. The summed E-state index contributed by atoms with van der Waals surface area (Å²) in [6, 6.07) is 5.73. The van der Waals surface area contributed by atoms with Gasteiger partial charge in [0, 0.05) is 5.56 Å². The van der Waals surface area contributed by atoms with Crippen LogP contribution in [0.1, 0.15) is 35.3 Å². The summed E-state index contributed by atoms with van der Waals surface area (Å²) in [7, 11) is 0. The van der Waals surface area contributed by atoms with Crippen molar-refractivity contribution in [2.24, 2.45) is 5.41 Å². The second-order valence-corrected chi connectivity index (χ2v) is 4.72. The van der Waals surface area contributed by atoms with E-state index in [0.29, 0.717) is 18.6 Å². The van der Waals surface area contributed by atoms with Crippen LogP contribution in [0, 0.1) is 12.3 Å². The average Bonchev–Trinajstić information content (AvgIpc) is 2.54. The number of fused-ring (bicyclic) bond motifs is 1. The van der Waals surface area contributed by atoms with E-state index in [1.807, 2.05) is 25.1 Å². The maximum absolute atomic E-state index is 12.3. The zero-order valence-corrected chi connectivity index (χ0v) is 10.4. The van der Waals surface area contributed by atoms with Crippen LogP contribution in [0.4, 0.5) is 0 Å². The molecule has 1 aromatic carbocycles. The Morgan fingerprint density at radius 2 is 2.18 bits per heavy atom. The molecular weight excluding hydrogens is 216 g/mol. The van der Waals surface area contributed by atoms with Crippen molar-refractivity contribution in [3.8, 4) is 0 Å². The molecule has 1 aliphatic carbocycles. The molecule has 0 N–H and O–H groups in total. The number of rotatable bonds is 2. The van der Waals surface area contributed by atoms with E-state index in [9.17, 15) is 9.59 Å². The molecule has 2 rings (SSSR count).